The van der Waals surface area contributed by atoms with E-state index in [1.165, 1.54) is 19.3 Å². The maximum Gasteiger partial charge on any atom is 0.232 e. The van der Waals surface area contributed by atoms with Crippen molar-refractivity contribution in [2.24, 2.45) is 0 Å². The first kappa shape index (κ1) is 14.7. The highest BCUT2D eigenvalue weighted by Gasteiger charge is 2.25. The molecule has 6 nitrogen and oxygen atoms in total. The number of nitrogens with zero attached hydrogens (tertiary/aromatic N) is 3. The first-order valence-electron chi connectivity index (χ1n) is 7.67. The number of piperidine rings is 1. The van der Waals surface area contributed by atoms with Crippen LogP contribution in [0.2, 0.25) is 0 Å². The number of anilines is 1. The SMILES string of the molecule is Cc1nc(C#N)c(NC[C@@H](c2ccco2)N2CCCCC2)o1. The third kappa shape index (κ3) is 3.15. The van der Waals surface area contributed by atoms with Gasteiger partial charge < -0.3 is 14.2 Å². The molecule has 1 aliphatic heterocycles. The summed E-state index contributed by atoms with van der Waals surface area (Å²) in [4.78, 5) is 6.48. The average molecular weight is 300 g/mol. The Kier molecular flexibility index (Phi) is 4.45. The summed E-state index contributed by atoms with van der Waals surface area (Å²) in [6, 6.07) is 6.09. The second kappa shape index (κ2) is 6.67. The van der Waals surface area contributed by atoms with Crippen molar-refractivity contribution in [3.05, 3.63) is 35.7 Å². The molecule has 0 radical (unpaired) electrons. The number of nitriles is 1. The van der Waals surface area contributed by atoms with Crippen LogP contribution < -0.4 is 5.32 Å². The zero-order valence-electron chi connectivity index (χ0n) is 12.7. The van der Waals surface area contributed by atoms with Gasteiger partial charge in [-0.05, 0) is 38.1 Å². The molecule has 3 rings (SSSR count). The summed E-state index contributed by atoms with van der Waals surface area (Å²) in [7, 11) is 0. The summed E-state index contributed by atoms with van der Waals surface area (Å²) in [5.74, 6) is 1.87. The maximum atomic E-state index is 9.09. The number of aromatic nitrogens is 1. The van der Waals surface area contributed by atoms with E-state index < -0.39 is 0 Å². The molecule has 0 amide bonds. The minimum absolute atomic E-state index is 0.132. The van der Waals surface area contributed by atoms with Crippen LogP contribution in [0.25, 0.3) is 0 Å². The largest absolute Gasteiger partial charge is 0.468 e. The molecule has 1 fully saturated rings. The predicted molar refractivity (Wildman–Crippen MR) is 81.3 cm³/mol. The van der Waals surface area contributed by atoms with Crippen molar-refractivity contribution in [3.63, 3.8) is 0 Å². The van der Waals surface area contributed by atoms with Gasteiger partial charge >= 0.3 is 0 Å². The van der Waals surface area contributed by atoms with Crippen LogP contribution in [0.1, 0.15) is 42.6 Å². The van der Waals surface area contributed by atoms with E-state index in [0.29, 0.717) is 24.0 Å². The van der Waals surface area contributed by atoms with Gasteiger partial charge in [0.15, 0.2) is 5.89 Å². The van der Waals surface area contributed by atoms with E-state index in [4.69, 9.17) is 14.1 Å². The zero-order chi connectivity index (χ0) is 15.4. The van der Waals surface area contributed by atoms with Gasteiger partial charge in [-0.2, -0.15) is 5.26 Å². The molecule has 1 saturated heterocycles. The summed E-state index contributed by atoms with van der Waals surface area (Å²) in [6.45, 7) is 4.48. The van der Waals surface area contributed by atoms with E-state index in [-0.39, 0.29) is 6.04 Å². The van der Waals surface area contributed by atoms with Crippen molar-refractivity contribution in [2.75, 3.05) is 25.0 Å². The van der Waals surface area contributed by atoms with Crippen LogP contribution in [-0.2, 0) is 0 Å². The molecular formula is C16H20N4O2. The van der Waals surface area contributed by atoms with Crippen LogP contribution in [0.15, 0.2) is 27.2 Å². The fraction of sp³-hybridized carbons (Fsp3) is 0.500. The molecule has 0 aromatic carbocycles. The lowest BCUT2D eigenvalue weighted by atomic mass is 10.1. The number of hydrogen-bond acceptors (Lipinski definition) is 6. The summed E-state index contributed by atoms with van der Waals surface area (Å²) < 4.78 is 11.1. The smallest absolute Gasteiger partial charge is 0.232 e. The monoisotopic (exact) mass is 300 g/mol. The molecule has 22 heavy (non-hydrogen) atoms. The molecule has 6 heteroatoms. The Balaban J connectivity index is 1.74. The third-order valence-corrected chi connectivity index (χ3v) is 4.00. The van der Waals surface area contributed by atoms with Crippen molar-refractivity contribution in [3.8, 4) is 6.07 Å². The second-order valence-corrected chi connectivity index (χ2v) is 5.53. The Morgan fingerprint density at radius 3 is 2.91 bits per heavy atom. The minimum atomic E-state index is 0.132. The lowest BCUT2D eigenvalue weighted by Crippen LogP contribution is -2.37. The topological polar surface area (TPSA) is 78.2 Å². The average Bonchev–Trinajstić information content (AvgIpc) is 3.18. The van der Waals surface area contributed by atoms with Gasteiger partial charge in [-0.1, -0.05) is 6.42 Å². The second-order valence-electron chi connectivity index (χ2n) is 5.53. The zero-order valence-corrected chi connectivity index (χ0v) is 12.7. The number of nitrogens with one attached hydrogen (secondary N) is 1. The van der Waals surface area contributed by atoms with Crippen molar-refractivity contribution >= 4 is 5.88 Å². The minimum Gasteiger partial charge on any atom is -0.468 e. The van der Waals surface area contributed by atoms with Gasteiger partial charge in [0.1, 0.15) is 11.8 Å². The number of hydrogen-bond donors (Lipinski definition) is 1. The van der Waals surface area contributed by atoms with Gasteiger partial charge in [0.2, 0.25) is 11.6 Å². The molecule has 1 aliphatic rings. The normalized spacial score (nSPS) is 17.1. The molecule has 1 atom stereocenters. The quantitative estimate of drug-likeness (QED) is 0.914. The van der Waals surface area contributed by atoms with Crippen LogP contribution in [0.5, 0.6) is 0 Å². The van der Waals surface area contributed by atoms with Crippen LogP contribution in [0.3, 0.4) is 0 Å². The van der Waals surface area contributed by atoms with Gasteiger partial charge in [0, 0.05) is 13.5 Å². The Labute approximate surface area is 129 Å². The third-order valence-electron chi connectivity index (χ3n) is 4.00. The highest BCUT2D eigenvalue weighted by Crippen LogP contribution is 2.26. The number of aryl methyl sites for hydroxylation is 1. The van der Waals surface area contributed by atoms with Crippen molar-refractivity contribution in [1.82, 2.24) is 9.88 Å². The lowest BCUT2D eigenvalue weighted by Gasteiger charge is -2.33. The van der Waals surface area contributed by atoms with Crippen LogP contribution in [-0.4, -0.2) is 29.5 Å². The Hall–Kier alpha value is -2.26. The fourth-order valence-electron chi connectivity index (χ4n) is 2.93. The molecular weight excluding hydrogens is 280 g/mol. The summed E-state index contributed by atoms with van der Waals surface area (Å²) >= 11 is 0. The van der Waals surface area contributed by atoms with Crippen molar-refractivity contribution in [1.29, 1.82) is 5.26 Å². The lowest BCUT2D eigenvalue weighted by molar-refractivity contribution is 0.152. The van der Waals surface area contributed by atoms with E-state index >= 15 is 0 Å². The van der Waals surface area contributed by atoms with Gasteiger partial charge in [-0.3, -0.25) is 4.90 Å². The van der Waals surface area contributed by atoms with Crippen molar-refractivity contribution < 1.29 is 8.83 Å². The molecule has 116 valence electrons. The standard InChI is InChI=1S/C16H20N4O2/c1-12-19-13(10-17)16(22-12)18-11-14(15-6-5-9-21-15)20-7-3-2-4-8-20/h5-6,9,14,18H,2-4,7-8,11H2,1H3/t14-/m0/s1. The Bertz CT molecular complexity index is 636. The van der Waals surface area contributed by atoms with E-state index in [2.05, 4.69) is 21.3 Å². The number of rotatable bonds is 5. The van der Waals surface area contributed by atoms with E-state index in [9.17, 15) is 0 Å². The van der Waals surface area contributed by atoms with Crippen LogP contribution in [0, 0.1) is 18.3 Å². The predicted octanol–water partition coefficient (Wildman–Crippen LogP) is 3.09. The molecule has 0 spiro atoms. The molecule has 0 saturated carbocycles. The highest BCUT2D eigenvalue weighted by atomic mass is 16.4. The Morgan fingerprint density at radius 1 is 1.41 bits per heavy atom. The summed E-state index contributed by atoms with van der Waals surface area (Å²) in [5.41, 5.74) is 0.300. The van der Waals surface area contributed by atoms with E-state index in [1.54, 1.807) is 13.2 Å². The maximum absolute atomic E-state index is 9.09. The van der Waals surface area contributed by atoms with Gasteiger partial charge in [0.05, 0.1) is 12.3 Å². The molecule has 0 aliphatic carbocycles. The first-order valence-corrected chi connectivity index (χ1v) is 7.67. The van der Waals surface area contributed by atoms with Gasteiger partial charge in [-0.25, -0.2) is 4.98 Å². The van der Waals surface area contributed by atoms with Crippen LogP contribution >= 0.6 is 0 Å². The molecule has 0 bridgehead atoms. The van der Waals surface area contributed by atoms with Crippen molar-refractivity contribution in [2.45, 2.75) is 32.2 Å². The molecule has 2 aromatic rings. The fourth-order valence-corrected chi connectivity index (χ4v) is 2.93. The van der Waals surface area contributed by atoms with Gasteiger partial charge in [0.25, 0.3) is 0 Å². The highest BCUT2D eigenvalue weighted by molar-refractivity contribution is 5.45. The summed E-state index contributed by atoms with van der Waals surface area (Å²) in [6.07, 6.45) is 5.41. The molecule has 1 N–H and O–H groups in total. The van der Waals surface area contributed by atoms with Crippen LogP contribution in [0.4, 0.5) is 5.88 Å². The first-order chi connectivity index (χ1) is 10.8. The molecule has 3 heterocycles. The number of furan rings is 1. The molecule has 0 unspecified atom stereocenters. The number of likely N-dealkylation sites (tertiary alicyclic amines) is 1. The number of oxazole rings is 1. The summed E-state index contributed by atoms with van der Waals surface area (Å²) in [5, 5.41) is 12.3. The van der Waals surface area contributed by atoms with E-state index in [0.717, 1.165) is 18.8 Å². The van der Waals surface area contributed by atoms with Gasteiger partial charge in [-0.15, -0.1) is 0 Å². The molecule has 2 aromatic heterocycles. The Morgan fingerprint density at radius 2 is 2.23 bits per heavy atom. The van der Waals surface area contributed by atoms with E-state index in [1.807, 2.05) is 12.1 Å².